The van der Waals surface area contributed by atoms with Gasteiger partial charge in [-0.1, -0.05) is 30.3 Å². The molecule has 2 atom stereocenters. The van der Waals surface area contributed by atoms with Gasteiger partial charge in [0.25, 0.3) is 11.8 Å². The molecule has 0 aromatic heterocycles. The van der Waals surface area contributed by atoms with Crippen LogP contribution in [-0.2, 0) is 14.3 Å². The number of nitrogens with one attached hydrogen (secondary N) is 2. The first-order valence-electron chi connectivity index (χ1n) is 9.20. The lowest BCUT2D eigenvalue weighted by Crippen LogP contribution is -2.43. The first kappa shape index (κ1) is 20.2. The van der Waals surface area contributed by atoms with E-state index in [1.54, 1.807) is 42.5 Å². The molecule has 1 aliphatic heterocycles. The van der Waals surface area contributed by atoms with Crippen molar-refractivity contribution in [2.45, 2.75) is 19.1 Å². The minimum absolute atomic E-state index is 0.213. The zero-order valence-corrected chi connectivity index (χ0v) is 15.9. The molecule has 2 aromatic carbocycles. The zero-order valence-electron chi connectivity index (χ0n) is 15.9. The van der Waals surface area contributed by atoms with Crippen molar-refractivity contribution >= 4 is 17.8 Å². The lowest BCUT2D eigenvalue weighted by Gasteiger charge is -2.26. The van der Waals surface area contributed by atoms with Crippen LogP contribution >= 0.6 is 0 Å². The van der Waals surface area contributed by atoms with E-state index >= 15 is 0 Å². The third-order valence-corrected chi connectivity index (χ3v) is 4.18. The fraction of sp³-hybridized carbons (Fsp3) is 0.286. The van der Waals surface area contributed by atoms with Crippen LogP contribution in [0.25, 0.3) is 0 Å². The Bertz CT molecular complexity index is 870. The maximum Gasteiger partial charge on any atom is 0.328 e. The van der Waals surface area contributed by atoms with E-state index in [-0.39, 0.29) is 12.6 Å². The first-order valence-corrected chi connectivity index (χ1v) is 9.20. The van der Waals surface area contributed by atoms with Crippen molar-refractivity contribution in [1.82, 2.24) is 10.6 Å². The Labute approximate surface area is 168 Å². The van der Waals surface area contributed by atoms with E-state index in [4.69, 9.17) is 14.2 Å². The molecule has 29 heavy (non-hydrogen) atoms. The third kappa shape index (κ3) is 5.71. The summed E-state index contributed by atoms with van der Waals surface area (Å²) in [6.45, 7) is 1.56. The molecule has 1 heterocycles. The topological polar surface area (TPSA) is 103 Å². The van der Waals surface area contributed by atoms with Crippen LogP contribution in [0.4, 0.5) is 0 Å². The molecule has 8 nitrogen and oxygen atoms in total. The molecule has 0 radical (unpaired) electrons. The highest BCUT2D eigenvalue weighted by molar-refractivity contribution is 5.96. The fourth-order valence-corrected chi connectivity index (χ4v) is 2.63. The van der Waals surface area contributed by atoms with Gasteiger partial charge < -0.3 is 24.8 Å². The molecule has 0 aliphatic carbocycles. The van der Waals surface area contributed by atoms with Crippen LogP contribution in [0, 0.1) is 0 Å². The average molecular weight is 398 g/mol. The SMILES string of the molecule is C[C@H](NC(=O)c1ccccc1)C(=O)OCC(=O)NCC1COc2ccccc2O1. The molecule has 2 amide bonds. The molecule has 1 unspecified atom stereocenters. The monoisotopic (exact) mass is 398 g/mol. The van der Waals surface area contributed by atoms with Gasteiger partial charge in [-0.25, -0.2) is 4.79 Å². The molecule has 1 aliphatic rings. The van der Waals surface area contributed by atoms with Gasteiger partial charge in [-0.2, -0.15) is 0 Å². The molecule has 0 spiro atoms. The van der Waals surface area contributed by atoms with E-state index in [2.05, 4.69) is 10.6 Å². The van der Waals surface area contributed by atoms with Crippen molar-refractivity contribution in [2.75, 3.05) is 19.8 Å². The number of amides is 2. The van der Waals surface area contributed by atoms with E-state index in [0.29, 0.717) is 23.7 Å². The van der Waals surface area contributed by atoms with Gasteiger partial charge in [0, 0.05) is 5.56 Å². The lowest BCUT2D eigenvalue weighted by atomic mass is 10.2. The zero-order chi connectivity index (χ0) is 20.6. The van der Waals surface area contributed by atoms with Crippen LogP contribution in [0.1, 0.15) is 17.3 Å². The van der Waals surface area contributed by atoms with Gasteiger partial charge in [-0.3, -0.25) is 9.59 Å². The Balaban J connectivity index is 1.37. The molecular formula is C21H22N2O6. The summed E-state index contributed by atoms with van der Waals surface area (Å²) in [5, 5.41) is 5.17. The molecular weight excluding hydrogens is 376 g/mol. The standard InChI is InChI=1S/C21H22N2O6/c1-14(23-20(25)15-7-3-2-4-8-15)21(26)28-13-19(24)22-11-16-12-27-17-9-5-6-10-18(17)29-16/h2-10,14,16H,11-13H2,1H3,(H,22,24)(H,23,25)/t14-,16?/m0/s1. The van der Waals surface area contributed by atoms with Crippen molar-refractivity contribution in [1.29, 1.82) is 0 Å². The second kappa shape index (κ2) is 9.59. The molecule has 0 saturated carbocycles. The lowest BCUT2D eigenvalue weighted by molar-refractivity contribution is -0.150. The van der Waals surface area contributed by atoms with Crippen molar-refractivity contribution < 1.29 is 28.6 Å². The smallest absolute Gasteiger partial charge is 0.328 e. The molecule has 0 saturated heterocycles. The predicted molar refractivity (Wildman–Crippen MR) is 104 cm³/mol. The van der Waals surface area contributed by atoms with Gasteiger partial charge in [-0.15, -0.1) is 0 Å². The highest BCUT2D eigenvalue weighted by atomic mass is 16.6. The second-order valence-electron chi connectivity index (χ2n) is 6.47. The number of ether oxygens (including phenoxy) is 3. The molecule has 8 heteroatoms. The van der Waals surface area contributed by atoms with E-state index in [0.717, 1.165) is 0 Å². The number of hydrogen-bond acceptors (Lipinski definition) is 6. The number of para-hydroxylation sites is 2. The van der Waals surface area contributed by atoms with Crippen LogP contribution in [0.15, 0.2) is 54.6 Å². The maximum atomic E-state index is 12.0. The Morgan fingerprint density at radius 3 is 2.52 bits per heavy atom. The van der Waals surface area contributed by atoms with E-state index in [1.807, 2.05) is 12.1 Å². The van der Waals surface area contributed by atoms with Crippen LogP contribution in [0.2, 0.25) is 0 Å². The summed E-state index contributed by atoms with van der Waals surface area (Å²) in [6.07, 6.45) is -0.339. The Morgan fingerprint density at radius 1 is 1.07 bits per heavy atom. The normalized spacial score (nSPS) is 15.7. The van der Waals surface area contributed by atoms with E-state index < -0.39 is 30.4 Å². The van der Waals surface area contributed by atoms with Gasteiger partial charge in [0.05, 0.1) is 6.54 Å². The number of carbonyl (C=O) groups excluding carboxylic acids is 3. The quantitative estimate of drug-likeness (QED) is 0.682. The number of fused-ring (bicyclic) bond motifs is 1. The van der Waals surface area contributed by atoms with Gasteiger partial charge in [0.15, 0.2) is 18.1 Å². The number of hydrogen-bond donors (Lipinski definition) is 2. The van der Waals surface area contributed by atoms with Gasteiger partial charge in [0.1, 0.15) is 18.8 Å². The van der Waals surface area contributed by atoms with Crippen molar-refractivity contribution in [2.24, 2.45) is 0 Å². The summed E-state index contributed by atoms with van der Waals surface area (Å²) in [5.41, 5.74) is 0.432. The summed E-state index contributed by atoms with van der Waals surface area (Å²) in [4.78, 5) is 36.0. The van der Waals surface area contributed by atoms with E-state index in [1.165, 1.54) is 6.92 Å². The van der Waals surface area contributed by atoms with E-state index in [9.17, 15) is 14.4 Å². The first-order chi connectivity index (χ1) is 14.0. The van der Waals surface area contributed by atoms with Crippen LogP contribution in [0.3, 0.4) is 0 Å². The van der Waals surface area contributed by atoms with Crippen LogP contribution < -0.4 is 20.1 Å². The number of benzene rings is 2. The molecule has 152 valence electrons. The van der Waals surface area contributed by atoms with Crippen molar-refractivity contribution in [3.05, 3.63) is 60.2 Å². The third-order valence-electron chi connectivity index (χ3n) is 4.18. The minimum Gasteiger partial charge on any atom is -0.486 e. The number of esters is 1. The second-order valence-corrected chi connectivity index (χ2v) is 6.47. The van der Waals surface area contributed by atoms with Gasteiger partial charge in [0.2, 0.25) is 0 Å². The predicted octanol–water partition coefficient (Wildman–Crippen LogP) is 1.30. The molecule has 2 aromatic rings. The molecule has 2 N–H and O–H groups in total. The Kier molecular flexibility index (Phi) is 6.67. The summed E-state index contributed by atoms with van der Waals surface area (Å²) in [6, 6.07) is 14.9. The summed E-state index contributed by atoms with van der Waals surface area (Å²) in [5.74, 6) is -0.282. The van der Waals surface area contributed by atoms with Gasteiger partial charge >= 0.3 is 5.97 Å². The summed E-state index contributed by atoms with van der Waals surface area (Å²) in [7, 11) is 0. The molecule has 0 bridgehead atoms. The van der Waals surface area contributed by atoms with Crippen molar-refractivity contribution in [3.8, 4) is 11.5 Å². The minimum atomic E-state index is -0.887. The summed E-state index contributed by atoms with van der Waals surface area (Å²) < 4.78 is 16.3. The number of carbonyl (C=O) groups is 3. The summed E-state index contributed by atoms with van der Waals surface area (Å²) >= 11 is 0. The Morgan fingerprint density at radius 2 is 1.76 bits per heavy atom. The molecule has 0 fully saturated rings. The molecule has 3 rings (SSSR count). The fourth-order valence-electron chi connectivity index (χ4n) is 2.63. The van der Waals surface area contributed by atoms with Gasteiger partial charge in [-0.05, 0) is 31.2 Å². The highest BCUT2D eigenvalue weighted by Crippen LogP contribution is 2.30. The maximum absolute atomic E-state index is 12.0. The number of rotatable bonds is 7. The van der Waals surface area contributed by atoms with Crippen molar-refractivity contribution in [3.63, 3.8) is 0 Å². The highest BCUT2D eigenvalue weighted by Gasteiger charge is 2.22. The Hall–Kier alpha value is -3.55. The van der Waals surface area contributed by atoms with Crippen LogP contribution in [-0.4, -0.2) is 49.7 Å². The largest absolute Gasteiger partial charge is 0.486 e. The van der Waals surface area contributed by atoms with Crippen LogP contribution in [0.5, 0.6) is 11.5 Å². The average Bonchev–Trinajstić information content (AvgIpc) is 2.76.